The van der Waals surface area contributed by atoms with Crippen molar-refractivity contribution in [2.45, 2.75) is 5.16 Å². The third-order valence-electron chi connectivity index (χ3n) is 3.91. The predicted molar refractivity (Wildman–Crippen MR) is 97.0 cm³/mol. The lowest BCUT2D eigenvalue weighted by atomic mass is 10.2. The Kier molecular flexibility index (Phi) is 4.03. The lowest BCUT2D eigenvalue weighted by molar-refractivity contribution is 0.322. The first-order chi connectivity index (χ1) is 12.2. The third kappa shape index (κ3) is 2.61. The smallest absolute Gasteiger partial charge is 0.283 e. The zero-order valence-electron chi connectivity index (χ0n) is 13.1. The van der Waals surface area contributed by atoms with E-state index in [1.807, 2.05) is 24.3 Å². The van der Waals surface area contributed by atoms with Gasteiger partial charge in [-0.15, -0.1) is 0 Å². The molecule has 2 N–H and O–H groups in total. The minimum atomic E-state index is -0.507. The number of aromatic nitrogens is 3. The molecule has 0 amide bonds. The molecule has 0 saturated heterocycles. The van der Waals surface area contributed by atoms with Crippen LogP contribution in [0, 0.1) is 5.82 Å². The largest absolute Gasteiger partial charge is 0.396 e. The maximum Gasteiger partial charge on any atom is 0.283 e. The molecule has 7 heteroatoms. The molecule has 0 atom stereocenters. The quantitative estimate of drug-likeness (QED) is 0.436. The third-order valence-corrected chi connectivity index (χ3v) is 4.83. The maximum atomic E-state index is 14.3. The van der Waals surface area contributed by atoms with Crippen molar-refractivity contribution in [1.29, 1.82) is 0 Å². The van der Waals surface area contributed by atoms with Crippen LogP contribution in [-0.2, 0) is 0 Å². The number of halogens is 1. The topological polar surface area (TPSA) is 70.9 Å². The van der Waals surface area contributed by atoms with Gasteiger partial charge in [-0.3, -0.25) is 9.36 Å². The van der Waals surface area contributed by atoms with Crippen LogP contribution in [0.5, 0.6) is 0 Å². The highest BCUT2D eigenvalue weighted by Crippen LogP contribution is 2.26. The average molecular weight is 355 g/mol. The van der Waals surface area contributed by atoms with Gasteiger partial charge in [-0.05, 0) is 18.2 Å². The van der Waals surface area contributed by atoms with Crippen molar-refractivity contribution in [1.82, 2.24) is 14.5 Å². The van der Waals surface area contributed by atoms with Crippen LogP contribution in [0.15, 0.2) is 58.5 Å². The second-order valence-corrected chi connectivity index (χ2v) is 6.51. The lowest BCUT2D eigenvalue weighted by Crippen LogP contribution is -2.23. The fourth-order valence-electron chi connectivity index (χ4n) is 2.82. The molecule has 0 saturated carbocycles. The van der Waals surface area contributed by atoms with E-state index in [0.717, 1.165) is 10.9 Å². The fourth-order valence-corrected chi connectivity index (χ4v) is 3.56. The molecule has 0 aliphatic heterocycles. The van der Waals surface area contributed by atoms with E-state index in [2.05, 4.69) is 9.97 Å². The molecule has 126 valence electrons. The molecule has 4 aromatic rings. The first-order valence-electron chi connectivity index (χ1n) is 7.72. The van der Waals surface area contributed by atoms with Crippen LogP contribution in [0.2, 0.25) is 0 Å². The van der Waals surface area contributed by atoms with Crippen LogP contribution in [0.1, 0.15) is 0 Å². The Morgan fingerprint density at radius 2 is 1.92 bits per heavy atom. The number of aliphatic hydroxyl groups is 1. The summed E-state index contributed by atoms with van der Waals surface area (Å²) < 4.78 is 15.6. The Bertz CT molecular complexity index is 1140. The molecular formula is C18H14FN3O2S. The number of nitrogens with zero attached hydrogens (tertiary/aromatic N) is 2. The summed E-state index contributed by atoms with van der Waals surface area (Å²) in [6.07, 6.45) is 0. The molecule has 0 bridgehead atoms. The van der Waals surface area contributed by atoms with Crippen LogP contribution < -0.4 is 5.56 Å². The molecule has 0 aliphatic rings. The highest BCUT2D eigenvalue weighted by molar-refractivity contribution is 7.99. The van der Waals surface area contributed by atoms with Crippen molar-refractivity contribution in [3.8, 4) is 5.69 Å². The van der Waals surface area contributed by atoms with Crippen LogP contribution in [0.4, 0.5) is 4.39 Å². The zero-order chi connectivity index (χ0) is 17.4. The van der Waals surface area contributed by atoms with E-state index in [4.69, 9.17) is 5.11 Å². The molecule has 2 aromatic heterocycles. The SMILES string of the molecule is O=c1c2[nH]c3ccccc3c2nc(SCCO)n1-c1ccccc1F. The van der Waals surface area contributed by atoms with E-state index in [1.54, 1.807) is 12.1 Å². The number of para-hydroxylation sites is 2. The number of aliphatic hydroxyl groups excluding tert-OH is 1. The minimum absolute atomic E-state index is 0.0657. The molecule has 0 radical (unpaired) electrons. The van der Waals surface area contributed by atoms with Crippen LogP contribution in [0.3, 0.4) is 0 Å². The van der Waals surface area contributed by atoms with E-state index < -0.39 is 5.82 Å². The van der Waals surface area contributed by atoms with Gasteiger partial charge in [0.25, 0.3) is 5.56 Å². The zero-order valence-corrected chi connectivity index (χ0v) is 13.9. The number of H-pyrrole nitrogens is 1. The van der Waals surface area contributed by atoms with Gasteiger partial charge in [-0.25, -0.2) is 9.37 Å². The highest BCUT2D eigenvalue weighted by atomic mass is 32.2. The lowest BCUT2D eigenvalue weighted by Gasteiger charge is -2.12. The number of rotatable bonds is 4. The second-order valence-electron chi connectivity index (χ2n) is 5.45. The number of nitrogens with one attached hydrogen (secondary N) is 1. The number of fused-ring (bicyclic) bond motifs is 3. The molecule has 0 unspecified atom stereocenters. The summed E-state index contributed by atoms with van der Waals surface area (Å²) >= 11 is 1.21. The molecule has 4 rings (SSSR count). The summed E-state index contributed by atoms with van der Waals surface area (Å²) in [7, 11) is 0. The van der Waals surface area contributed by atoms with Crippen LogP contribution in [-0.4, -0.2) is 32.0 Å². The van der Waals surface area contributed by atoms with E-state index in [9.17, 15) is 9.18 Å². The van der Waals surface area contributed by atoms with Crippen molar-refractivity contribution >= 4 is 33.7 Å². The van der Waals surface area contributed by atoms with Crippen LogP contribution >= 0.6 is 11.8 Å². The summed E-state index contributed by atoms with van der Waals surface area (Å²) in [6, 6.07) is 13.6. The van der Waals surface area contributed by atoms with Gasteiger partial charge < -0.3 is 10.1 Å². The van der Waals surface area contributed by atoms with Crippen molar-refractivity contribution in [2.75, 3.05) is 12.4 Å². The summed E-state index contributed by atoms with van der Waals surface area (Å²) in [5.74, 6) is -0.151. The summed E-state index contributed by atoms with van der Waals surface area (Å²) in [4.78, 5) is 20.8. The Morgan fingerprint density at radius 1 is 1.16 bits per heavy atom. The van der Waals surface area contributed by atoms with Gasteiger partial charge in [0.2, 0.25) is 0 Å². The molecular weight excluding hydrogens is 341 g/mol. The van der Waals surface area contributed by atoms with Gasteiger partial charge in [0.05, 0.1) is 12.3 Å². The molecule has 0 fully saturated rings. The standard InChI is InChI=1S/C18H14FN3O2S/c19-12-6-2-4-8-14(12)22-17(24)16-15(21-18(22)25-10-9-23)11-5-1-3-7-13(11)20-16/h1-8,20,23H,9-10H2. The van der Waals surface area contributed by atoms with Crippen molar-refractivity contribution in [3.63, 3.8) is 0 Å². The Balaban J connectivity index is 2.09. The number of hydrogen-bond donors (Lipinski definition) is 2. The van der Waals surface area contributed by atoms with E-state index in [0.29, 0.717) is 21.9 Å². The fraction of sp³-hybridized carbons (Fsp3) is 0.111. The summed E-state index contributed by atoms with van der Waals surface area (Å²) in [5, 5.41) is 10.3. The second kappa shape index (κ2) is 6.34. The molecule has 2 aromatic carbocycles. The number of thioether (sulfide) groups is 1. The number of aromatic amines is 1. The molecule has 2 heterocycles. The van der Waals surface area contributed by atoms with E-state index in [-0.39, 0.29) is 17.9 Å². The highest BCUT2D eigenvalue weighted by Gasteiger charge is 2.18. The van der Waals surface area contributed by atoms with E-state index in [1.165, 1.54) is 28.5 Å². The van der Waals surface area contributed by atoms with E-state index >= 15 is 0 Å². The summed E-state index contributed by atoms with van der Waals surface area (Å²) in [6.45, 7) is -0.0657. The van der Waals surface area contributed by atoms with Gasteiger partial charge in [0, 0.05) is 16.7 Å². The normalized spacial score (nSPS) is 11.4. The van der Waals surface area contributed by atoms with Gasteiger partial charge >= 0.3 is 0 Å². The molecule has 0 spiro atoms. The maximum absolute atomic E-state index is 14.3. The molecule has 0 aliphatic carbocycles. The monoisotopic (exact) mass is 355 g/mol. The molecule has 25 heavy (non-hydrogen) atoms. The van der Waals surface area contributed by atoms with Crippen molar-refractivity contribution < 1.29 is 9.50 Å². The van der Waals surface area contributed by atoms with Crippen LogP contribution in [0.25, 0.3) is 27.6 Å². The van der Waals surface area contributed by atoms with Gasteiger partial charge in [0.15, 0.2) is 5.16 Å². The Morgan fingerprint density at radius 3 is 2.72 bits per heavy atom. The van der Waals surface area contributed by atoms with Gasteiger partial charge in [-0.2, -0.15) is 0 Å². The Labute approximate surface area is 146 Å². The number of benzene rings is 2. The van der Waals surface area contributed by atoms with Crippen molar-refractivity contribution in [2.24, 2.45) is 0 Å². The first kappa shape index (κ1) is 15.9. The van der Waals surface area contributed by atoms with Gasteiger partial charge in [0.1, 0.15) is 16.9 Å². The first-order valence-corrected chi connectivity index (χ1v) is 8.71. The summed E-state index contributed by atoms with van der Waals surface area (Å²) in [5.41, 5.74) is 1.45. The number of hydrogen-bond acceptors (Lipinski definition) is 4. The Hall–Kier alpha value is -2.64. The van der Waals surface area contributed by atoms with Gasteiger partial charge in [-0.1, -0.05) is 42.1 Å². The predicted octanol–water partition coefficient (Wildman–Crippen LogP) is 3.09. The van der Waals surface area contributed by atoms with Crippen molar-refractivity contribution in [3.05, 3.63) is 64.7 Å². The average Bonchev–Trinajstić information content (AvgIpc) is 3.00. The molecule has 5 nitrogen and oxygen atoms in total. The minimum Gasteiger partial charge on any atom is -0.396 e.